The van der Waals surface area contributed by atoms with Gasteiger partial charge in [0, 0.05) is 12.8 Å². The molecular weight excluding hydrogens is 232 g/mol. The average molecular weight is 246 g/mol. The smallest absolute Gasteiger partial charge is 0.134 e. The van der Waals surface area contributed by atoms with Crippen molar-refractivity contribution >= 4 is 27.3 Å². The van der Waals surface area contributed by atoms with Gasteiger partial charge in [-0.15, -0.1) is 0 Å². The zero-order valence-corrected chi connectivity index (χ0v) is 10.6. The summed E-state index contributed by atoms with van der Waals surface area (Å²) in [5, 5.41) is 5.16. The van der Waals surface area contributed by atoms with E-state index in [2.05, 4.69) is 54.6 Å². The lowest BCUT2D eigenvalue weighted by Crippen LogP contribution is -2.21. The van der Waals surface area contributed by atoms with Gasteiger partial charge in [-0.3, -0.25) is 4.79 Å². The Morgan fingerprint density at radius 1 is 0.789 bits per heavy atom. The second-order valence-corrected chi connectivity index (χ2v) is 5.38. The fourth-order valence-corrected chi connectivity index (χ4v) is 3.18. The lowest BCUT2D eigenvalue weighted by molar-refractivity contribution is -0.124. The number of hydrogen-bond donors (Lipinski definition) is 0. The summed E-state index contributed by atoms with van der Waals surface area (Å²) in [6.45, 7) is 0. The first kappa shape index (κ1) is 10.7. The van der Waals surface area contributed by atoms with E-state index in [9.17, 15) is 4.79 Å². The predicted molar refractivity (Wildman–Crippen MR) is 78.4 cm³/mol. The van der Waals surface area contributed by atoms with Crippen LogP contribution in [0.5, 0.6) is 0 Å². The molecule has 1 fully saturated rings. The van der Waals surface area contributed by atoms with Crippen molar-refractivity contribution in [3.05, 3.63) is 60.2 Å². The van der Waals surface area contributed by atoms with Crippen LogP contribution in [0.4, 0.5) is 0 Å². The maximum Gasteiger partial charge on any atom is 0.134 e. The van der Waals surface area contributed by atoms with Gasteiger partial charge >= 0.3 is 0 Å². The molecule has 92 valence electrons. The molecule has 0 saturated heterocycles. The maximum atomic E-state index is 11.4. The number of Topliss-reactive ketones (excluding diaryl/α,β-unsaturated/α-hetero) is 1. The minimum Gasteiger partial charge on any atom is -0.300 e. The molecule has 3 aromatic rings. The molecule has 0 bridgehead atoms. The fraction of sp³-hybridized carbons (Fsp3) is 0.167. The summed E-state index contributed by atoms with van der Waals surface area (Å²) in [5.41, 5.74) is 1.37. The largest absolute Gasteiger partial charge is 0.300 e. The van der Waals surface area contributed by atoms with Gasteiger partial charge in [-0.1, -0.05) is 48.5 Å². The van der Waals surface area contributed by atoms with Gasteiger partial charge in [0.05, 0.1) is 0 Å². The summed E-state index contributed by atoms with van der Waals surface area (Å²) in [4.78, 5) is 11.4. The molecule has 0 aromatic heterocycles. The van der Waals surface area contributed by atoms with E-state index in [1.807, 2.05) is 0 Å². The standard InChI is InChI=1S/C18H14O/c19-15-10-14(11-15)18-16-7-3-1-5-12(16)9-13-6-2-4-8-17(13)18/h1-9,14H,10-11H2. The number of rotatable bonds is 1. The summed E-state index contributed by atoms with van der Waals surface area (Å²) < 4.78 is 0. The molecule has 0 N–H and O–H groups in total. The Bertz CT molecular complexity index is 739. The van der Waals surface area contributed by atoms with Gasteiger partial charge in [0.2, 0.25) is 0 Å². The van der Waals surface area contributed by atoms with E-state index in [4.69, 9.17) is 0 Å². The number of carbonyl (C=O) groups is 1. The van der Waals surface area contributed by atoms with E-state index in [1.165, 1.54) is 27.1 Å². The Labute approximate surface area is 111 Å². The van der Waals surface area contributed by atoms with E-state index in [-0.39, 0.29) is 0 Å². The van der Waals surface area contributed by atoms with Crippen LogP contribution in [0.25, 0.3) is 21.5 Å². The van der Waals surface area contributed by atoms with Crippen molar-refractivity contribution in [3.63, 3.8) is 0 Å². The lowest BCUT2D eigenvalue weighted by Gasteiger charge is -2.27. The van der Waals surface area contributed by atoms with Gasteiger partial charge in [0.25, 0.3) is 0 Å². The van der Waals surface area contributed by atoms with Gasteiger partial charge in [0.15, 0.2) is 0 Å². The summed E-state index contributed by atoms with van der Waals surface area (Å²) in [6, 6.07) is 19.2. The first-order chi connectivity index (χ1) is 9.33. The van der Waals surface area contributed by atoms with Gasteiger partial charge < -0.3 is 0 Å². The molecule has 1 aliphatic carbocycles. The van der Waals surface area contributed by atoms with Crippen molar-refractivity contribution in [1.82, 2.24) is 0 Å². The monoisotopic (exact) mass is 246 g/mol. The first-order valence-corrected chi connectivity index (χ1v) is 6.75. The van der Waals surface area contributed by atoms with Crippen molar-refractivity contribution in [2.45, 2.75) is 18.8 Å². The molecular formula is C18H14O. The summed E-state index contributed by atoms with van der Waals surface area (Å²) in [7, 11) is 0. The van der Waals surface area contributed by atoms with Crippen LogP contribution in [-0.4, -0.2) is 5.78 Å². The van der Waals surface area contributed by atoms with Crippen LogP contribution in [0.15, 0.2) is 54.6 Å². The lowest BCUT2D eigenvalue weighted by atomic mass is 9.75. The highest BCUT2D eigenvalue weighted by molar-refractivity contribution is 6.04. The van der Waals surface area contributed by atoms with Crippen LogP contribution in [0.3, 0.4) is 0 Å². The fourth-order valence-electron chi connectivity index (χ4n) is 3.18. The molecule has 0 radical (unpaired) electrons. The highest BCUT2D eigenvalue weighted by Gasteiger charge is 2.30. The van der Waals surface area contributed by atoms with Crippen LogP contribution in [0.1, 0.15) is 24.3 Å². The minimum atomic E-state index is 0.391. The van der Waals surface area contributed by atoms with Crippen molar-refractivity contribution in [2.75, 3.05) is 0 Å². The van der Waals surface area contributed by atoms with Gasteiger partial charge in [-0.05, 0) is 39.1 Å². The summed E-state index contributed by atoms with van der Waals surface area (Å²) >= 11 is 0. The number of ketones is 1. The zero-order valence-electron chi connectivity index (χ0n) is 10.6. The molecule has 1 aliphatic rings. The number of carbonyl (C=O) groups excluding carboxylic acids is 1. The molecule has 0 unspecified atom stereocenters. The minimum absolute atomic E-state index is 0.391. The number of benzene rings is 3. The third kappa shape index (κ3) is 1.58. The van der Waals surface area contributed by atoms with Gasteiger partial charge in [-0.2, -0.15) is 0 Å². The Morgan fingerprint density at radius 2 is 1.32 bits per heavy atom. The molecule has 1 saturated carbocycles. The first-order valence-electron chi connectivity index (χ1n) is 6.75. The number of hydrogen-bond acceptors (Lipinski definition) is 1. The topological polar surface area (TPSA) is 17.1 Å². The molecule has 0 aliphatic heterocycles. The third-order valence-corrected chi connectivity index (χ3v) is 4.17. The maximum absolute atomic E-state index is 11.4. The molecule has 4 rings (SSSR count). The van der Waals surface area contributed by atoms with E-state index in [1.54, 1.807) is 0 Å². The number of fused-ring (bicyclic) bond motifs is 2. The Morgan fingerprint density at radius 3 is 1.84 bits per heavy atom. The van der Waals surface area contributed by atoms with Crippen LogP contribution in [0.2, 0.25) is 0 Å². The van der Waals surface area contributed by atoms with Gasteiger partial charge in [0.1, 0.15) is 5.78 Å². The van der Waals surface area contributed by atoms with Gasteiger partial charge in [-0.25, -0.2) is 0 Å². The molecule has 3 aromatic carbocycles. The molecule has 1 heteroatoms. The summed E-state index contributed by atoms with van der Waals surface area (Å²) in [5.74, 6) is 0.797. The highest BCUT2D eigenvalue weighted by atomic mass is 16.1. The van der Waals surface area contributed by atoms with E-state index in [0.717, 1.165) is 0 Å². The SMILES string of the molecule is O=C1CC(c2c3ccccc3cc3ccccc23)C1. The Kier molecular flexibility index (Phi) is 2.22. The summed E-state index contributed by atoms with van der Waals surface area (Å²) in [6.07, 6.45) is 1.41. The zero-order chi connectivity index (χ0) is 12.8. The van der Waals surface area contributed by atoms with Crippen molar-refractivity contribution < 1.29 is 4.79 Å². The Balaban J connectivity index is 2.11. The third-order valence-electron chi connectivity index (χ3n) is 4.17. The van der Waals surface area contributed by atoms with Crippen LogP contribution >= 0.6 is 0 Å². The van der Waals surface area contributed by atoms with Crippen molar-refractivity contribution in [1.29, 1.82) is 0 Å². The van der Waals surface area contributed by atoms with E-state index in [0.29, 0.717) is 24.5 Å². The van der Waals surface area contributed by atoms with E-state index < -0.39 is 0 Å². The van der Waals surface area contributed by atoms with E-state index >= 15 is 0 Å². The predicted octanol–water partition coefficient (Wildman–Crippen LogP) is 4.44. The van der Waals surface area contributed by atoms with Crippen LogP contribution < -0.4 is 0 Å². The molecule has 0 amide bonds. The van der Waals surface area contributed by atoms with Crippen molar-refractivity contribution in [3.8, 4) is 0 Å². The highest BCUT2D eigenvalue weighted by Crippen LogP contribution is 2.41. The quantitative estimate of drug-likeness (QED) is 0.580. The molecule has 19 heavy (non-hydrogen) atoms. The van der Waals surface area contributed by atoms with Crippen LogP contribution in [0, 0.1) is 0 Å². The average Bonchev–Trinajstić information content (AvgIpc) is 2.42. The molecule has 0 heterocycles. The van der Waals surface area contributed by atoms with Crippen molar-refractivity contribution in [2.24, 2.45) is 0 Å². The molecule has 0 spiro atoms. The second-order valence-electron chi connectivity index (χ2n) is 5.38. The normalized spacial score (nSPS) is 15.9. The second kappa shape index (κ2) is 3.92. The molecule has 1 nitrogen and oxygen atoms in total. The van der Waals surface area contributed by atoms with Crippen LogP contribution in [-0.2, 0) is 4.79 Å². The Hall–Kier alpha value is -2.15. The molecule has 0 atom stereocenters.